The second kappa shape index (κ2) is 5.14. The molecule has 4 nitrogen and oxygen atoms in total. The third kappa shape index (κ3) is 2.85. The molecule has 0 atom stereocenters. The third-order valence-electron chi connectivity index (χ3n) is 2.58. The Morgan fingerprint density at radius 3 is 2.63 bits per heavy atom. The zero-order chi connectivity index (χ0) is 14.0. The van der Waals surface area contributed by atoms with Crippen LogP contribution in [0.25, 0.3) is 0 Å². The van der Waals surface area contributed by atoms with E-state index in [0.29, 0.717) is 11.8 Å². The summed E-state index contributed by atoms with van der Waals surface area (Å²) in [5.74, 6) is 0.0703. The molecule has 0 aliphatic heterocycles. The van der Waals surface area contributed by atoms with Gasteiger partial charge in [0, 0.05) is 0 Å². The molecule has 0 bridgehead atoms. The van der Waals surface area contributed by atoms with Crippen LogP contribution in [0.1, 0.15) is 20.8 Å². The normalized spacial score (nSPS) is 11.3. The fraction of sp³-hybridized carbons (Fsp3) is 0.154. The van der Waals surface area contributed by atoms with Crippen LogP contribution in [-0.2, 0) is 10.1 Å². The molecule has 2 rings (SSSR count). The van der Waals surface area contributed by atoms with E-state index < -0.39 is 10.1 Å². The lowest BCUT2D eigenvalue weighted by Crippen LogP contribution is -2.11. The summed E-state index contributed by atoms with van der Waals surface area (Å²) >= 11 is 1.14. The number of aldehydes is 1. The minimum absolute atomic E-state index is 0.0703. The molecule has 0 N–H and O–H groups in total. The van der Waals surface area contributed by atoms with E-state index in [2.05, 4.69) is 0 Å². The first-order valence-corrected chi connectivity index (χ1v) is 7.77. The largest absolute Gasteiger partial charge is 0.377 e. The first-order chi connectivity index (χ1) is 8.94. The smallest absolute Gasteiger partial charge is 0.339 e. The van der Waals surface area contributed by atoms with Crippen molar-refractivity contribution in [3.63, 3.8) is 0 Å². The van der Waals surface area contributed by atoms with E-state index in [1.54, 1.807) is 31.4 Å². The van der Waals surface area contributed by atoms with Gasteiger partial charge >= 0.3 is 10.1 Å². The van der Waals surface area contributed by atoms with Crippen LogP contribution in [0, 0.1) is 13.8 Å². The summed E-state index contributed by atoms with van der Waals surface area (Å²) in [6, 6.07) is 6.57. The summed E-state index contributed by atoms with van der Waals surface area (Å²) in [5, 5.41) is 1.61. The Balaban J connectivity index is 2.43. The number of carbonyl (C=O) groups is 1. The second-order valence-corrected chi connectivity index (χ2v) is 6.54. The quantitative estimate of drug-likeness (QED) is 0.643. The highest BCUT2D eigenvalue weighted by atomic mass is 32.2. The van der Waals surface area contributed by atoms with Gasteiger partial charge in [0.05, 0.1) is 0 Å². The van der Waals surface area contributed by atoms with Gasteiger partial charge in [0.15, 0.2) is 12.0 Å². The lowest BCUT2D eigenvalue weighted by atomic mass is 10.2. The van der Waals surface area contributed by atoms with Crippen LogP contribution in [0.2, 0.25) is 0 Å². The van der Waals surface area contributed by atoms with Crippen molar-refractivity contribution in [1.82, 2.24) is 0 Å². The Bertz CT molecular complexity index is 714. The van der Waals surface area contributed by atoms with Crippen LogP contribution in [-0.4, -0.2) is 14.7 Å². The molecule has 1 heterocycles. The van der Waals surface area contributed by atoms with E-state index in [1.165, 1.54) is 6.07 Å². The highest BCUT2D eigenvalue weighted by Crippen LogP contribution is 2.27. The van der Waals surface area contributed by atoms with Crippen molar-refractivity contribution in [2.24, 2.45) is 0 Å². The summed E-state index contributed by atoms with van der Waals surface area (Å²) in [6.07, 6.45) is 0.582. The summed E-state index contributed by atoms with van der Waals surface area (Å²) in [4.78, 5) is 11.1. The minimum Gasteiger partial charge on any atom is -0.377 e. The van der Waals surface area contributed by atoms with Crippen molar-refractivity contribution in [1.29, 1.82) is 0 Å². The molecule has 0 unspecified atom stereocenters. The average Bonchev–Trinajstić information content (AvgIpc) is 2.78. The van der Waals surface area contributed by atoms with E-state index in [4.69, 9.17) is 4.18 Å². The van der Waals surface area contributed by atoms with Crippen LogP contribution in [0.5, 0.6) is 5.75 Å². The maximum atomic E-state index is 12.2. The summed E-state index contributed by atoms with van der Waals surface area (Å²) in [7, 11) is -3.92. The Morgan fingerprint density at radius 1 is 1.21 bits per heavy atom. The minimum atomic E-state index is -3.92. The fourth-order valence-electron chi connectivity index (χ4n) is 1.60. The molecular weight excluding hydrogens is 284 g/mol. The standard InChI is InChI=1S/C13H12O4S2/c1-9-3-4-10(2)13(7-9)19(15,16)17-11-5-6-18-12(11)8-14/h3-8H,1-2H3. The monoisotopic (exact) mass is 296 g/mol. The number of thiophene rings is 1. The zero-order valence-corrected chi connectivity index (χ0v) is 12.0. The van der Waals surface area contributed by atoms with Crippen LogP contribution < -0.4 is 4.18 Å². The summed E-state index contributed by atoms with van der Waals surface area (Å²) in [5.41, 5.74) is 1.43. The van der Waals surface area contributed by atoms with Crippen LogP contribution in [0.3, 0.4) is 0 Å². The maximum Gasteiger partial charge on any atom is 0.339 e. The fourth-order valence-corrected chi connectivity index (χ4v) is 3.54. The van der Waals surface area contributed by atoms with Gasteiger partial charge in [-0.3, -0.25) is 4.79 Å². The molecule has 0 amide bonds. The molecule has 1 aromatic carbocycles. The Hall–Kier alpha value is -1.66. The van der Waals surface area contributed by atoms with Crippen LogP contribution >= 0.6 is 11.3 Å². The van der Waals surface area contributed by atoms with Crippen molar-refractivity contribution in [3.05, 3.63) is 45.6 Å². The zero-order valence-electron chi connectivity index (χ0n) is 10.4. The van der Waals surface area contributed by atoms with Crippen molar-refractivity contribution in [2.45, 2.75) is 18.7 Å². The highest BCUT2D eigenvalue weighted by molar-refractivity contribution is 7.87. The molecular formula is C13H12O4S2. The lowest BCUT2D eigenvalue weighted by molar-refractivity contribution is 0.112. The number of hydrogen-bond acceptors (Lipinski definition) is 5. The number of benzene rings is 1. The van der Waals surface area contributed by atoms with Crippen molar-refractivity contribution in [3.8, 4) is 5.75 Å². The van der Waals surface area contributed by atoms with E-state index in [0.717, 1.165) is 16.9 Å². The molecule has 19 heavy (non-hydrogen) atoms. The molecule has 100 valence electrons. The topological polar surface area (TPSA) is 60.4 Å². The molecule has 0 radical (unpaired) electrons. The third-order valence-corrected chi connectivity index (χ3v) is 4.78. The van der Waals surface area contributed by atoms with Gasteiger partial charge in [0.25, 0.3) is 0 Å². The first kappa shape index (κ1) is 13.8. The SMILES string of the molecule is Cc1ccc(C)c(S(=O)(=O)Oc2ccsc2C=O)c1. The van der Waals surface area contributed by atoms with Crippen molar-refractivity contribution < 1.29 is 17.4 Å². The van der Waals surface area contributed by atoms with E-state index >= 15 is 0 Å². The summed E-state index contributed by atoms with van der Waals surface area (Å²) < 4.78 is 29.5. The van der Waals surface area contributed by atoms with E-state index in [1.807, 2.05) is 6.07 Å². The van der Waals surface area contributed by atoms with Gasteiger partial charge in [-0.25, -0.2) is 0 Å². The summed E-state index contributed by atoms with van der Waals surface area (Å²) in [6.45, 7) is 3.50. The van der Waals surface area contributed by atoms with Gasteiger partial charge in [0.2, 0.25) is 0 Å². The molecule has 0 spiro atoms. The van der Waals surface area contributed by atoms with Gasteiger partial charge < -0.3 is 4.18 Å². The lowest BCUT2D eigenvalue weighted by Gasteiger charge is -2.09. The Morgan fingerprint density at radius 2 is 1.95 bits per heavy atom. The van der Waals surface area contributed by atoms with E-state index in [9.17, 15) is 13.2 Å². The maximum absolute atomic E-state index is 12.2. The van der Waals surface area contributed by atoms with Crippen molar-refractivity contribution >= 4 is 27.7 Å². The highest BCUT2D eigenvalue weighted by Gasteiger charge is 2.21. The number of carbonyl (C=O) groups excluding carboxylic acids is 1. The number of aryl methyl sites for hydroxylation is 2. The average molecular weight is 296 g/mol. The van der Waals surface area contributed by atoms with Crippen molar-refractivity contribution in [2.75, 3.05) is 0 Å². The van der Waals surface area contributed by atoms with Crippen LogP contribution in [0.15, 0.2) is 34.5 Å². The van der Waals surface area contributed by atoms with Gasteiger partial charge in [0.1, 0.15) is 9.77 Å². The number of rotatable bonds is 4. The molecule has 0 saturated heterocycles. The van der Waals surface area contributed by atoms with E-state index in [-0.39, 0.29) is 15.5 Å². The molecule has 0 aliphatic rings. The molecule has 0 fully saturated rings. The molecule has 2 aromatic rings. The Labute approximate surface area is 115 Å². The van der Waals surface area contributed by atoms with Crippen LogP contribution in [0.4, 0.5) is 0 Å². The predicted molar refractivity (Wildman–Crippen MR) is 73.4 cm³/mol. The molecule has 1 aromatic heterocycles. The predicted octanol–water partition coefficient (Wildman–Crippen LogP) is 2.95. The second-order valence-electron chi connectivity index (χ2n) is 4.07. The first-order valence-electron chi connectivity index (χ1n) is 5.48. The van der Waals surface area contributed by atoms with Gasteiger partial charge in [-0.05, 0) is 42.5 Å². The number of hydrogen-bond donors (Lipinski definition) is 0. The molecule has 6 heteroatoms. The molecule has 0 aliphatic carbocycles. The Kier molecular flexibility index (Phi) is 3.73. The van der Waals surface area contributed by atoms with Gasteiger partial charge in [-0.2, -0.15) is 8.42 Å². The van der Waals surface area contributed by atoms with Gasteiger partial charge in [-0.15, -0.1) is 11.3 Å². The van der Waals surface area contributed by atoms with Gasteiger partial charge in [-0.1, -0.05) is 12.1 Å². The molecule has 0 saturated carbocycles.